The first-order chi connectivity index (χ1) is 9.29. The van der Waals surface area contributed by atoms with Gasteiger partial charge in [-0.2, -0.15) is 0 Å². The van der Waals surface area contributed by atoms with Crippen LogP contribution in [0, 0.1) is 0 Å². The largest absolute Gasteiger partial charge is 0.380 e. The zero-order chi connectivity index (χ0) is 13.2. The topological polar surface area (TPSA) is 28.3 Å². The second kappa shape index (κ2) is 5.53. The Balaban J connectivity index is 1.83. The summed E-state index contributed by atoms with van der Waals surface area (Å²) >= 11 is 6.25. The SMILES string of the molecule is CCOCCN1CCc2[nH]c3c(Cl)cccc3c2C1. The number of H-pyrrole nitrogens is 1. The van der Waals surface area contributed by atoms with Crippen molar-refractivity contribution in [3.8, 4) is 0 Å². The Kier molecular flexibility index (Phi) is 3.78. The molecule has 4 heteroatoms. The first-order valence-corrected chi connectivity index (χ1v) is 7.25. The highest BCUT2D eigenvalue weighted by Gasteiger charge is 2.20. The van der Waals surface area contributed by atoms with Gasteiger partial charge < -0.3 is 9.72 Å². The molecule has 0 radical (unpaired) electrons. The van der Waals surface area contributed by atoms with Crippen molar-refractivity contribution >= 4 is 22.5 Å². The van der Waals surface area contributed by atoms with Crippen LogP contribution < -0.4 is 0 Å². The van der Waals surface area contributed by atoms with Gasteiger partial charge in [0.25, 0.3) is 0 Å². The summed E-state index contributed by atoms with van der Waals surface area (Å²) in [5.74, 6) is 0. The molecule has 0 aliphatic carbocycles. The number of halogens is 1. The van der Waals surface area contributed by atoms with Gasteiger partial charge in [0.05, 0.1) is 17.1 Å². The highest BCUT2D eigenvalue weighted by atomic mass is 35.5. The molecule has 3 nitrogen and oxygen atoms in total. The monoisotopic (exact) mass is 278 g/mol. The second-order valence-corrected chi connectivity index (χ2v) is 5.37. The molecule has 0 fully saturated rings. The third-order valence-electron chi connectivity index (χ3n) is 3.79. The molecule has 0 spiro atoms. The van der Waals surface area contributed by atoms with Gasteiger partial charge in [0.2, 0.25) is 0 Å². The molecule has 0 bridgehead atoms. The van der Waals surface area contributed by atoms with Crippen LogP contribution in [0.2, 0.25) is 5.02 Å². The summed E-state index contributed by atoms with van der Waals surface area (Å²) in [4.78, 5) is 5.93. The predicted molar refractivity (Wildman–Crippen MR) is 78.8 cm³/mol. The van der Waals surface area contributed by atoms with Crippen molar-refractivity contribution < 1.29 is 4.74 Å². The van der Waals surface area contributed by atoms with Crippen molar-refractivity contribution in [3.05, 3.63) is 34.5 Å². The molecular formula is C15H19ClN2O. The van der Waals surface area contributed by atoms with E-state index < -0.39 is 0 Å². The Morgan fingerprint density at radius 2 is 2.32 bits per heavy atom. The lowest BCUT2D eigenvalue weighted by Crippen LogP contribution is -2.33. The third kappa shape index (κ3) is 2.50. The lowest BCUT2D eigenvalue weighted by atomic mass is 10.0. The van der Waals surface area contributed by atoms with Crippen LogP contribution in [0.5, 0.6) is 0 Å². The summed E-state index contributed by atoms with van der Waals surface area (Å²) in [6.07, 6.45) is 1.06. The van der Waals surface area contributed by atoms with Gasteiger partial charge in [-0.15, -0.1) is 0 Å². The van der Waals surface area contributed by atoms with Crippen LogP contribution in [0.4, 0.5) is 0 Å². The van der Waals surface area contributed by atoms with Crippen molar-refractivity contribution in [1.82, 2.24) is 9.88 Å². The molecule has 1 aliphatic rings. The highest BCUT2D eigenvalue weighted by Crippen LogP contribution is 2.31. The summed E-state index contributed by atoms with van der Waals surface area (Å²) in [7, 11) is 0. The number of nitrogens with zero attached hydrogens (tertiary/aromatic N) is 1. The molecule has 19 heavy (non-hydrogen) atoms. The molecule has 1 aromatic carbocycles. The van der Waals surface area contributed by atoms with Crippen LogP contribution in [0.3, 0.4) is 0 Å². The summed E-state index contributed by atoms with van der Waals surface area (Å²) in [6, 6.07) is 6.12. The van der Waals surface area contributed by atoms with Crippen molar-refractivity contribution in [2.24, 2.45) is 0 Å². The van der Waals surface area contributed by atoms with Gasteiger partial charge >= 0.3 is 0 Å². The number of ether oxygens (including phenoxy) is 1. The van der Waals surface area contributed by atoms with E-state index >= 15 is 0 Å². The minimum atomic E-state index is 0.793. The fraction of sp³-hybridized carbons (Fsp3) is 0.467. The quantitative estimate of drug-likeness (QED) is 0.870. The van der Waals surface area contributed by atoms with Crippen LogP contribution in [0.25, 0.3) is 10.9 Å². The van der Waals surface area contributed by atoms with Gasteiger partial charge in [-0.25, -0.2) is 0 Å². The lowest BCUT2D eigenvalue weighted by Gasteiger charge is -2.26. The highest BCUT2D eigenvalue weighted by molar-refractivity contribution is 6.35. The Morgan fingerprint density at radius 1 is 1.42 bits per heavy atom. The van der Waals surface area contributed by atoms with E-state index in [4.69, 9.17) is 16.3 Å². The molecule has 3 rings (SSSR count). The number of aromatic amines is 1. The molecule has 0 unspecified atom stereocenters. The molecular weight excluding hydrogens is 260 g/mol. The van der Waals surface area contributed by atoms with Crippen molar-refractivity contribution in [2.45, 2.75) is 19.9 Å². The summed E-state index contributed by atoms with van der Waals surface area (Å²) in [6.45, 7) is 6.72. The van der Waals surface area contributed by atoms with E-state index in [0.717, 1.165) is 49.8 Å². The van der Waals surface area contributed by atoms with E-state index in [0.29, 0.717) is 0 Å². The normalized spacial score (nSPS) is 15.9. The number of benzene rings is 1. The van der Waals surface area contributed by atoms with Gasteiger partial charge in [-0.1, -0.05) is 23.7 Å². The number of fused-ring (bicyclic) bond motifs is 3. The van der Waals surface area contributed by atoms with E-state index in [1.54, 1.807) is 0 Å². The maximum atomic E-state index is 6.25. The van der Waals surface area contributed by atoms with Crippen molar-refractivity contribution in [3.63, 3.8) is 0 Å². The molecule has 1 aromatic heterocycles. The lowest BCUT2D eigenvalue weighted by molar-refractivity contribution is 0.108. The van der Waals surface area contributed by atoms with E-state index in [1.807, 2.05) is 19.1 Å². The van der Waals surface area contributed by atoms with Crippen LogP contribution in [0.15, 0.2) is 18.2 Å². The van der Waals surface area contributed by atoms with E-state index in [1.165, 1.54) is 16.6 Å². The first kappa shape index (κ1) is 13.0. The fourth-order valence-electron chi connectivity index (χ4n) is 2.79. The van der Waals surface area contributed by atoms with Gasteiger partial charge in [0, 0.05) is 43.7 Å². The number of aromatic nitrogens is 1. The molecule has 1 N–H and O–H groups in total. The average Bonchev–Trinajstić information content (AvgIpc) is 2.79. The summed E-state index contributed by atoms with van der Waals surface area (Å²) < 4.78 is 5.44. The summed E-state index contributed by atoms with van der Waals surface area (Å²) in [5.41, 5.74) is 3.83. The second-order valence-electron chi connectivity index (χ2n) is 4.97. The van der Waals surface area contributed by atoms with Crippen molar-refractivity contribution in [1.29, 1.82) is 0 Å². The molecule has 2 heterocycles. The van der Waals surface area contributed by atoms with Gasteiger partial charge in [0.1, 0.15) is 0 Å². The van der Waals surface area contributed by atoms with Crippen LogP contribution in [0.1, 0.15) is 18.2 Å². The zero-order valence-corrected chi connectivity index (χ0v) is 12.0. The fourth-order valence-corrected chi connectivity index (χ4v) is 3.01. The van der Waals surface area contributed by atoms with Crippen LogP contribution in [-0.4, -0.2) is 36.2 Å². The molecule has 0 atom stereocenters. The summed E-state index contributed by atoms with van der Waals surface area (Å²) in [5, 5.41) is 2.08. The smallest absolute Gasteiger partial charge is 0.0648 e. The molecule has 1 aliphatic heterocycles. The number of nitrogens with one attached hydrogen (secondary N) is 1. The maximum absolute atomic E-state index is 6.25. The Bertz CT molecular complexity index is 579. The standard InChI is InChI=1S/C15H19ClN2O/c1-2-19-9-8-18-7-6-14-12(10-18)11-4-3-5-13(16)15(11)17-14/h3-5,17H,2,6-10H2,1H3. The maximum Gasteiger partial charge on any atom is 0.0648 e. The van der Waals surface area contributed by atoms with E-state index in [-0.39, 0.29) is 0 Å². The molecule has 0 amide bonds. The van der Waals surface area contributed by atoms with Crippen LogP contribution in [-0.2, 0) is 17.7 Å². The van der Waals surface area contributed by atoms with Gasteiger partial charge in [-0.3, -0.25) is 4.90 Å². The molecule has 0 saturated carbocycles. The predicted octanol–water partition coefficient (Wildman–Crippen LogP) is 3.22. The number of hydrogen-bond donors (Lipinski definition) is 1. The minimum absolute atomic E-state index is 0.793. The Labute approximate surface area is 118 Å². The Morgan fingerprint density at radius 3 is 3.16 bits per heavy atom. The van der Waals surface area contributed by atoms with Gasteiger partial charge in [-0.05, 0) is 18.6 Å². The van der Waals surface area contributed by atoms with Crippen LogP contribution >= 0.6 is 11.6 Å². The number of rotatable bonds is 4. The number of para-hydroxylation sites is 1. The van der Waals surface area contributed by atoms with E-state index in [9.17, 15) is 0 Å². The van der Waals surface area contributed by atoms with E-state index in [2.05, 4.69) is 16.0 Å². The number of hydrogen-bond acceptors (Lipinski definition) is 2. The first-order valence-electron chi connectivity index (χ1n) is 6.87. The Hall–Kier alpha value is -1.03. The van der Waals surface area contributed by atoms with Crippen molar-refractivity contribution in [2.75, 3.05) is 26.3 Å². The average molecular weight is 279 g/mol. The van der Waals surface area contributed by atoms with Gasteiger partial charge in [0.15, 0.2) is 0 Å². The zero-order valence-electron chi connectivity index (χ0n) is 11.2. The third-order valence-corrected chi connectivity index (χ3v) is 4.11. The minimum Gasteiger partial charge on any atom is -0.380 e. The molecule has 102 valence electrons. The molecule has 2 aromatic rings. The molecule has 0 saturated heterocycles.